The lowest BCUT2D eigenvalue weighted by atomic mass is 10.1. The Morgan fingerprint density at radius 1 is 1.41 bits per heavy atom. The predicted octanol–water partition coefficient (Wildman–Crippen LogP) is 3.50. The van der Waals surface area contributed by atoms with Crippen LogP contribution in [0, 0.1) is 0 Å². The summed E-state index contributed by atoms with van der Waals surface area (Å²) in [6.45, 7) is 0. The van der Waals surface area contributed by atoms with E-state index in [-0.39, 0.29) is 6.07 Å². The van der Waals surface area contributed by atoms with E-state index in [1.165, 1.54) is 0 Å². The second-order valence-corrected chi connectivity index (χ2v) is 3.61. The highest BCUT2D eigenvalue weighted by Crippen LogP contribution is 2.35. The standard InChI is InChI=1S/C8H3BrF5NO2/c9-5-4(6(10)11)2(7(16)17)1-3(15-5)8(12,13)14/h1,6H,(H,16,17). The third kappa shape index (κ3) is 2.90. The van der Waals surface area contributed by atoms with Gasteiger partial charge in [-0.3, -0.25) is 0 Å². The summed E-state index contributed by atoms with van der Waals surface area (Å²) in [5, 5.41) is 8.58. The molecule has 1 aromatic rings. The van der Waals surface area contributed by atoms with E-state index < -0.39 is 40.0 Å². The fourth-order valence-electron chi connectivity index (χ4n) is 1.05. The largest absolute Gasteiger partial charge is 0.478 e. The van der Waals surface area contributed by atoms with E-state index in [1.807, 2.05) is 0 Å². The Balaban J connectivity index is 3.53. The minimum Gasteiger partial charge on any atom is -0.478 e. The van der Waals surface area contributed by atoms with Crippen molar-refractivity contribution >= 4 is 21.9 Å². The minimum atomic E-state index is -4.91. The number of hydrogen-bond donors (Lipinski definition) is 1. The van der Waals surface area contributed by atoms with Crippen LogP contribution in [0.4, 0.5) is 22.0 Å². The van der Waals surface area contributed by atoms with Crippen LogP contribution in [0.15, 0.2) is 10.7 Å². The fraction of sp³-hybridized carbons (Fsp3) is 0.250. The maximum Gasteiger partial charge on any atom is 0.433 e. The number of hydrogen-bond acceptors (Lipinski definition) is 2. The van der Waals surface area contributed by atoms with Gasteiger partial charge in [-0.2, -0.15) is 13.2 Å². The Kier molecular flexibility index (Phi) is 3.70. The summed E-state index contributed by atoms with van der Waals surface area (Å²) in [6, 6.07) is 0.0780. The lowest BCUT2D eigenvalue weighted by molar-refractivity contribution is -0.141. The van der Waals surface area contributed by atoms with E-state index in [0.29, 0.717) is 0 Å². The molecular weight excluding hydrogens is 317 g/mol. The van der Waals surface area contributed by atoms with Crippen LogP contribution in [-0.2, 0) is 6.18 Å². The van der Waals surface area contributed by atoms with Crippen LogP contribution in [0.5, 0.6) is 0 Å². The average Bonchev–Trinajstić information content (AvgIpc) is 2.13. The molecule has 94 valence electrons. The number of carbonyl (C=O) groups is 1. The van der Waals surface area contributed by atoms with Gasteiger partial charge in [0.05, 0.1) is 11.1 Å². The third-order valence-electron chi connectivity index (χ3n) is 1.75. The summed E-state index contributed by atoms with van der Waals surface area (Å²) in [5.74, 6) is -1.88. The molecule has 0 aliphatic heterocycles. The van der Waals surface area contributed by atoms with E-state index in [1.54, 1.807) is 0 Å². The van der Waals surface area contributed by atoms with E-state index in [0.717, 1.165) is 0 Å². The number of nitrogens with zero attached hydrogens (tertiary/aromatic N) is 1. The molecule has 3 nitrogen and oxygen atoms in total. The molecule has 9 heteroatoms. The normalized spacial score (nSPS) is 11.9. The molecule has 0 spiro atoms. The Morgan fingerprint density at radius 3 is 2.29 bits per heavy atom. The summed E-state index contributed by atoms with van der Waals surface area (Å²) < 4.78 is 60.9. The average molecular weight is 320 g/mol. The fourth-order valence-corrected chi connectivity index (χ4v) is 1.63. The van der Waals surface area contributed by atoms with E-state index >= 15 is 0 Å². The predicted molar refractivity (Wildman–Crippen MR) is 48.9 cm³/mol. The number of rotatable bonds is 2. The molecule has 0 saturated carbocycles. The zero-order valence-corrected chi connectivity index (χ0v) is 9.31. The molecule has 0 atom stereocenters. The monoisotopic (exact) mass is 319 g/mol. The highest BCUT2D eigenvalue weighted by molar-refractivity contribution is 9.10. The molecule has 0 aromatic carbocycles. The highest BCUT2D eigenvalue weighted by atomic mass is 79.9. The number of halogens is 6. The molecule has 0 radical (unpaired) electrons. The van der Waals surface area contributed by atoms with Crippen LogP contribution in [0.2, 0.25) is 0 Å². The summed E-state index contributed by atoms with van der Waals surface area (Å²) >= 11 is 2.40. The molecule has 0 bridgehead atoms. The summed E-state index contributed by atoms with van der Waals surface area (Å²) in [5.41, 5.74) is -3.76. The van der Waals surface area contributed by atoms with Gasteiger partial charge in [0.2, 0.25) is 0 Å². The van der Waals surface area contributed by atoms with Crippen molar-refractivity contribution < 1.29 is 31.9 Å². The first kappa shape index (κ1) is 13.8. The first-order valence-electron chi connectivity index (χ1n) is 3.93. The lowest BCUT2D eigenvalue weighted by Gasteiger charge is -2.11. The minimum absolute atomic E-state index is 0.0780. The molecular formula is C8H3BrF5NO2. The maximum absolute atomic E-state index is 12.5. The van der Waals surface area contributed by atoms with Crippen molar-refractivity contribution in [3.05, 3.63) is 27.5 Å². The molecule has 1 N–H and O–H groups in total. The van der Waals surface area contributed by atoms with E-state index in [2.05, 4.69) is 20.9 Å². The Bertz CT molecular complexity index is 460. The second kappa shape index (κ2) is 4.55. The maximum atomic E-state index is 12.5. The number of alkyl halides is 5. The zero-order chi connectivity index (χ0) is 13.4. The highest BCUT2D eigenvalue weighted by Gasteiger charge is 2.36. The SMILES string of the molecule is O=C(O)c1cc(C(F)(F)F)nc(Br)c1C(F)F. The topological polar surface area (TPSA) is 50.2 Å². The van der Waals surface area contributed by atoms with Gasteiger partial charge in [-0.1, -0.05) is 0 Å². The molecule has 1 aromatic heterocycles. The summed E-state index contributed by atoms with van der Waals surface area (Å²) in [6.07, 6.45) is -8.15. The van der Waals surface area contributed by atoms with Crippen molar-refractivity contribution in [1.29, 1.82) is 0 Å². The number of aromatic carboxylic acids is 1. The first-order valence-corrected chi connectivity index (χ1v) is 4.73. The van der Waals surface area contributed by atoms with Crippen molar-refractivity contribution in [2.24, 2.45) is 0 Å². The molecule has 0 amide bonds. The van der Waals surface area contributed by atoms with Gasteiger partial charge in [0.15, 0.2) is 0 Å². The molecule has 1 rings (SSSR count). The van der Waals surface area contributed by atoms with Crippen molar-refractivity contribution in [2.75, 3.05) is 0 Å². The molecule has 0 saturated heterocycles. The molecule has 0 fully saturated rings. The number of aromatic nitrogens is 1. The third-order valence-corrected chi connectivity index (χ3v) is 2.36. The van der Waals surface area contributed by atoms with Gasteiger partial charge in [0, 0.05) is 0 Å². The van der Waals surface area contributed by atoms with Gasteiger partial charge in [0.1, 0.15) is 10.3 Å². The van der Waals surface area contributed by atoms with Crippen molar-refractivity contribution in [3.8, 4) is 0 Å². The van der Waals surface area contributed by atoms with Crippen molar-refractivity contribution in [3.63, 3.8) is 0 Å². The number of pyridine rings is 1. The van der Waals surface area contributed by atoms with Crippen LogP contribution in [0.3, 0.4) is 0 Å². The number of carboxylic acids is 1. The Labute approximate surface area is 99.4 Å². The van der Waals surface area contributed by atoms with Crippen molar-refractivity contribution in [2.45, 2.75) is 12.6 Å². The second-order valence-electron chi connectivity index (χ2n) is 2.86. The molecule has 17 heavy (non-hydrogen) atoms. The van der Waals surface area contributed by atoms with Gasteiger partial charge in [-0.15, -0.1) is 0 Å². The Hall–Kier alpha value is -1.25. The van der Waals surface area contributed by atoms with Crippen molar-refractivity contribution in [1.82, 2.24) is 4.98 Å². The van der Waals surface area contributed by atoms with Crippen LogP contribution in [-0.4, -0.2) is 16.1 Å². The Morgan fingerprint density at radius 2 is 1.94 bits per heavy atom. The molecule has 1 heterocycles. The van der Waals surface area contributed by atoms with Crippen LogP contribution < -0.4 is 0 Å². The van der Waals surface area contributed by atoms with Gasteiger partial charge >= 0.3 is 12.1 Å². The van der Waals surface area contributed by atoms with E-state index in [9.17, 15) is 26.7 Å². The van der Waals surface area contributed by atoms with Crippen LogP contribution in [0.1, 0.15) is 28.0 Å². The van der Waals surface area contributed by atoms with Gasteiger partial charge in [-0.25, -0.2) is 18.6 Å². The zero-order valence-electron chi connectivity index (χ0n) is 7.73. The number of carboxylic acid groups (broad SMARTS) is 1. The van der Waals surface area contributed by atoms with Crippen LogP contribution in [0.25, 0.3) is 0 Å². The van der Waals surface area contributed by atoms with Crippen LogP contribution >= 0.6 is 15.9 Å². The lowest BCUT2D eigenvalue weighted by Crippen LogP contribution is -2.13. The van der Waals surface area contributed by atoms with E-state index in [4.69, 9.17) is 5.11 Å². The molecule has 0 aliphatic carbocycles. The first-order chi connectivity index (χ1) is 7.64. The van der Waals surface area contributed by atoms with Gasteiger partial charge < -0.3 is 5.11 Å². The quantitative estimate of drug-likeness (QED) is 0.670. The van der Waals surface area contributed by atoms with Gasteiger partial charge in [0.25, 0.3) is 6.43 Å². The summed E-state index contributed by atoms with van der Waals surface area (Å²) in [4.78, 5) is 13.5. The smallest absolute Gasteiger partial charge is 0.433 e. The summed E-state index contributed by atoms with van der Waals surface area (Å²) in [7, 11) is 0. The molecule has 0 unspecified atom stereocenters. The molecule has 0 aliphatic rings. The van der Waals surface area contributed by atoms with Gasteiger partial charge in [-0.05, 0) is 22.0 Å².